The number of anilines is 1. The molecule has 36 heavy (non-hydrogen) atoms. The molecule has 0 saturated heterocycles. The summed E-state index contributed by atoms with van der Waals surface area (Å²) in [5, 5.41) is 14.3. The van der Waals surface area contributed by atoms with E-state index in [4.69, 9.17) is 10.8 Å². The molecule has 7 heteroatoms. The fourth-order valence-electron chi connectivity index (χ4n) is 4.36. The number of hydrogen-bond acceptors (Lipinski definition) is 4. The summed E-state index contributed by atoms with van der Waals surface area (Å²) in [6.45, 7) is 4.27. The highest BCUT2D eigenvalue weighted by atomic mass is 79.9. The van der Waals surface area contributed by atoms with Crippen LogP contribution in [0.25, 0.3) is 11.1 Å². The first-order chi connectivity index (χ1) is 17.0. The van der Waals surface area contributed by atoms with Gasteiger partial charge in [0, 0.05) is 6.42 Å². The quantitative estimate of drug-likeness (QED) is 0.326. The Morgan fingerprint density at radius 3 is 2.36 bits per heavy atom. The van der Waals surface area contributed by atoms with Crippen molar-refractivity contribution >= 4 is 11.7 Å². The zero-order chi connectivity index (χ0) is 24.8. The highest BCUT2D eigenvalue weighted by Gasteiger charge is 2.31. The van der Waals surface area contributed by atoms with E-state index in [1.165, 1.54) is 0 Å². The number of nitrogens with two attached hydrogens (primary N) is 1. The zero-order valence-corrected chi connectivity index (χ0v) is 22.1. The molecule has 3 aromatic carbocycles. The number of nitrogen functional groups attached to an aromatic ring is 1. The summed E-state index contributed by atoms with van der Waals surface area (Å²) in [6.07, 6.45) is 2.80. The minimum Gasteiger partial charge on any atom is -1.00 e. The van der Waals surface area contributed by atoms with E-state index >= 15 is 0 Å². The van der Waals surface area contributed by atoms with Gasteiger partial charge in [0.25, 0.3) is 0 Å². The van der Waals surface area contributed by atoms with Gasteiger partial charge in [-0.1, -0.05) is 91.2 Å². The Kier molecular flexibility index (Phi) is 9.15. The molecule has 0 fully saturated rings. The second kappa shape index (κ2) is 12.3. The van der Waals surface area contributed by atoms with Gasteiger partial charge in [-0.2, -0.15) is 5.26 Å². The van der Waals surface area contributed by atoms with Crippen molar-refractivity contribution in [2.45, 2.75) is 45.7 Å². The fraction of sp³-hybridized carbons (Fsp3) is 0.241. The smallest absolute Gasteiger partial charge is 0.377 e. The van der Waals surface area contributed by atoms with Crippen LogP contribution in [0.4, 0.5) is 5.95 Å². The van der Waals surface area contributed by atoms with Gasteiger partial charge in [0.2, 0.25) is 5.82 Å². The van der Waals surface area contributed by atoms with Crippen molar-refractivity contribution in [1.29, 1.82) is 5.26 Å². The lowest BCUT2D eigenvalue weighted by molar-refractivity contribution is -0.741. The van der Waals surface area contributed by atoms with Crippen LogP contribution in [0.15, 0.2) is 78.9 Å². The normalized spacial score (nSPS) is 11.4. The van der Waals surface area contributed by atoms with Gasteiger partial charge in [-0.15, -0.1) is 4.68 Å². The van der Waals surface area contributed by atoms with E-state index < -0.39 is 6.04 Å². The molecule has 0 radical (unpaired) electrons. The minimum absolute atomic E-state index is 0. The Morgan fingerprint density at radius 2 is 1.72 bits per heavy atom. The summed E-state index contributed by atoms with van der Waals surface area (Å²) < 4.78 is 3.67. The molecule has 4 aromatic rings. The number of Topliss-reactive ketones (excluding diaryl/α,β-unsaturated/α-hetero) is 1. The molecular weight excluding hydrogens is 514 g/mol. The zero-order valence-electron chi connectivity index (χ0n) is 20.6. The third-order valence-electron chi connectivity index (χ3n) is 6.20. The average Bonchev–Trinajstić information content (AvgIpc) is 3.18. The number of rotatable bonds is 9. The van der Waals surface area contributed by atoms with E-state index in [1.54, 1.807) is 11.6 Å². The van der Waals surface area contributed by atoms with Crippen LogP contribution in [0.3, 0.4) is 0 Å². The second-order valence-corrected chi connectivity index (χ2v) is 8.69. The summed E-state index contributed by atoms with van der Waals surface area (Å²) in [7, 11) is 0. The number of ketones is 1. The van der Waals surface area contributed by atoms with E-state index in [9.17, 15) is 10.1 Å². The number of nitrogens with zero attached hydrogens (tertiary/aromatic N) is 4. The number of aromatic nitrogens is 3. The van der Waals surface area contributed by atoms with E-state index in [0.717, 1.165) is 47.3 Å². The van der Waals surface area contributed by atoms with Gasteiger partial charge in [0.1, 0.15) is 0 Å². The Hall–Kier alpha value is -3.76. The van der Waals surface area contributed by atoms with E-state index in [2.05, 4.69) is 25.1 Å². The molecule has 1 heterocycles. The van der Waals surface area contributed by atoms with Crippen molar-refractivity contribution in [3.8, 4) is 17.2 Å². The van der Waals surface area contributed by atoms with Crippen LogP contribution in [0.2, 0.25) is 0 Å². The van der Waals surface area contributed by atoms with Gasteiger partial charge >= 0.3 is 5.95 Å². The number of benzene rings is 3. The maximum atomic E-state index is 12.7. The Morgan fingerprint density at radius 1 is 1.06 bits per heavy atom. The predicted octanol–water partition coefficient (Wildman–Crippen LogP) is 1.86. The molecule has 0 aliphatic heterocycles. The van der Waals surface area contributed by atoms with Crippen molar-refractivity contribution < 1.29 is 26.5 Å². The molecule has 4 rings (SSSR count). The SMILES string of the molecule is CCCCc1n[n+](C(C(C)=O)c2ccccc2)c(N)n1Cc1ccc(-c2ccccc2C#N)cc1.[Br-]. The Balaban J connectivity index is 0.00000361. The molecule has 2 N–H and O–H groups in total. The number of carbonyl (C=O) groups excluding carboxylic acids is 1. The number of nitriles is 1. The van der Waals surface area contributed by atoms with Crippen LogP contribution in [-0.2, 0) is 17.8 Å². The molecule has 0 spiro atoms. The molecule has 0 aliphatic carbocycles. The lowest BCUT2D eigenvalue weighted by Crippen LogP contribution is -3.00. The summed E-state index contributed by atoms with van der Waals surface area (Å²) in [4.78, 5) is 12.7. The predicted molar refractivity (Wildman–Crippen MR) is 136 cm³/mol. The number of aryl methyl sites for hydroxylation is 1. The third kappa shape index (κ3) is 5.72. The summed E-state index contributed by atoms with van der Waals surface area (Å²) in [5.41, 5.74) is 11.1. The topological polar surface area (TPSA) is 88.6 Å². The van der Waals surface area contributed by atoms with Gasteiger partial charge in [-0.3, -0.25) is 10.5 Å². The Bertz CT molecular complexity index is 1360. The van der Waals surface area contributed by atoms with Crippen molar-refractivity contribution in [1.82, 2.24) is 9.67 Å². The van der Waals surface area contributed by atoms with Crippen LogP contribution in [-0.4, -0.2) is 15.4 Å². The van der Waals surface area contributed by atoms with Crippen molar-refractivity contribution in [2.75, 3.05) is 5.73 Å². The number of carbonyl (C=O) groups is 1. The van der Waals surface area contributed by atoms with Crippen molar-refractivity contribution in [3.63, 3.8) is 0 Å². The van der Waals surface area contributed by atoms with Crippen molar-refractivity contribution in [3.05, 3.63) is 101 Å². The van der Waals surface area contributed by atoms with E-state index in [1.807, 2.05) is 71.3 Å². The first-order valence-electron chi connectivity index (χ1n) is 11.9. The van der Waals surface area contributed by atoms with Crippen LogP contribution in [0.1, 0.15) is 55.2 Å². The first kappa shape index (κ1) is 26.8. The third-order valence-corrected chi connectivity index (χ3v) is 6.20. The van der Waals surface area contributed by atoms with Gasteiger partial charge in [-0.25, -0.2) is 4.57 Å². The highest BCUT2D eigenvalue weighted by molar-refractivity contribution is 5.81. The molecule has 0 bridgehead atoms. The maximum Gasteiger partial charge on any atom is 0.377 e. The summed E-state index contributed by atoms with van der Waals surface area (Å²) in [6, 6.07) is 27.1. The Labute approximate surface area is 222 Å². The van der Waals surface area contributed by atoms with E-state index in [-0.39, 0.29) is 22.8 Å². The molecule has 184 valence electrons. The second-order valence-electron chi connectivity index (χ2n) is 8.69. The monoisotopic (exact) mass is 543 g/mol. The number of hydrogen-bond donors (Lipinski definition) is 1. The van der Waals surface area contributed by atoms with Crippen molar-refractivity contribution in [2.24, 2.45) is 0 Å². The van der Waals surface area contributed by atoms with Crippen LogP contribution in [0, 0.1) is 11.3 Å². The lowest BCUT2D eigenvalue weighted by atomic mass is 9.99. The number of unbranched alkanes of at least 4 members (excludes halogenated alkanes) is 1. The van der Waals surface area contributed by atoms with Gasteiger partial charge in [0.05, 0.1) is 18.2 Å². The van der Waals surface area contributed by atoms with Crippen LogP contribution >= 0.6 is 0 Å². The molecular formula is C29H30BrN5O. The number of halogens is 1. The highest BCUT2D eigenvalue weighted by Crippen LogP contribution is 2.24. The van der Waals surface area contributed by atoms with Crippen LogP contribution < -0.4 is 27.4 Å². The largest absolute Gasteiger partial charge is 1.00 e. The molecule has 1 unspecified atom stereocenters. The van der Waals surface area contributed by atoms with E-state index in [0.29, 0.717) is 18.1 Å². The standard InChI is InChI=1S/C29H29N5O.BrH/c1-3-4-14-27-32-34(28(21(2)35)24-10-6-5-7-11-24)29(31)33(27)20-22-15-17-23(18-16-22)26-13-9-8-12-25(26)19-30;/h5-13,15-18,28,31H,3-4,14,20H2,1-2H3;1H. The summed E-state index contributed by atoms with van der Waals surface area (Å²) >= 11 is 0. The maximum absolute atomic E-state index is 12.7. The van der Waals surface area contributed by atoms with Gasteiger partial charge in [-0.05, 0) is 41.7 Å². The molecule has 1 aromatic heterocycles. The minimum atomic E-state index is -0.567. The molecule has 6 nitrogen and oxygen atoms in total. The average molecular weight is 544 g/mol. The lowest BCUT2D eigenvalue weighted by Gasteiger charge is -2.11. The van der Waals surface area contributed by atoms with Gasteiger partial charge < -0.3 is 17.0 Å². The van der Waals surface area contributed by atoms with Crippen LogP contribution in [0.5, 0.6) is 0 Å². The molecule has 0 amide bonds. The fourth-order valence-corrected chi connectivity index (χ4v) is 4.36. The molecule has 0 aliphatic rings. The van der Waals surface area contributed by atoms with Gasteiger partial charge in [0.15, 0.2) is 11.8 Å². The molecule has 1 atom stereocenters. The molecule has 0 saturated carbocycles. The summed E-state index contributed by atoms with van der Waals surface area (Å²) in [5.74, 6) is 1.31. The first-order valence-corrected chi connectivity index (χ1v) is 11.9.